The van der Waals surface area contributed by atoms with E-state index < -0.39 is 10.2 Å². The molecule has 0 aromatic heterocycles. The van der Waals surface area contributed by atoms with Crippen molar-refractivity contribution < 1.29 is 8.42 Å². The maximum Gasteiger partial charge on any atom is 0.279 e. The zero-order valence-corrected chi connectivity index (χ0v) is 11.3. The van der Waals surface area contributed by atoms with Gasteiger partial charge in [0.2, 0.25) is 0 Å². The maximum atomic E-state index is 12.0. The summed E-state index contributed by atoms with van der Waals surface area (Å²) in [5, 5.41) is 3.16. The number of hydrogen-bond donors (Lipinski definition) is 2. The highest BCUT2D eigenvalue weighted by molar-refractivity contribution is 7.87. The van der Waals surface area contributed by atoms with Crippen LogP contribution in [0.4, 0.5) is 0 Å². The van der Waals surface area contributed by atoms with Crippen molar-refractivity contribution in [2.75, 3.05) is 32.7 Å². The third kappa shape index (κ3) is 3.40. The lowest BCUT2D eigenvalue weighted by atomic mass is 9.99. The molecule has 1 saturated heterocycles. The van der Waals surface area contributed by atoms with Gasteiger partial charge < -0.3 is 5.32 Å². The predicted octanol–water partition coefficient (Wildman–Crippen LogP) is 0.162. The van der Waals surface area contributed by atoms with Crippen LogP contribution in [0.25, 0.3) is 0 Å². The zero-order chi connectivity index (χ0) is 12.3. The molecule has 2 rings (SSSR count). The van der Waals surface area contributed by atoms with Crippen LogP contribution < -0.4 is 10.0 Å². The molecule has 0 aromatic rings. The van der Waals surface area contributed by atoms with Crippen LogP contribution in [0.5, 0.6) is 0 Å². The van der Waals surface area contributed by atoms with Gasteiger partial charge in [-0.05, 0) is 18.3 Å². The highest BCUT2D eigenvalue weighted by atomic mass is 32.2. The Bertz CT molecular complexity index is 339. The van der Waals surface area contributed by atoms with Gasteiger partial charge in [-0.2, -0.15) is 12.7 Å². The van der Waals surface area contributed by atoms with Gasteiger partial charge in [-0.1, -0.05) is 19.8 Å². The largest absolute Gasteiger partial charge is 0.314 e. The van der Waals surface area contributed by atoms with Gasteiger partial charge in [-0.25, -0.2) is 4.72 Å². The third-order valence-corrected chi connectivity index (χ3v) is 5.56. The van der Waals surface area contributed by atoms with Gasteiger partial charge in [0.1, 0.15) is 0 Å². The van der Waals surface area contributed by atoms with E-state index >= 15 is 0 Å². The van der Waals surface area contributed by atoms with Crippen molar-refractivity contribution in [3.8, 4) is 0 Å². The number of piperazine rings is 1. The lowest BCUT2D eigenvalue weighted by molar-refractivity contribution is 0.347. The van der Waals surface area contributed by atoms with Gasteiger partial charge >= 0.3 is 0 Å². The molecule has 2 unspecified atom stereocenters. The third-order valence-electron chi connectivity index (χ3n) is 3.98. The quantitative estimate of drug-likeness (QED) is 0.758. The van der Waals surface area contributed by atoms with E-state index in [4.69, 9.17) is 0 Å². The summed E-state index contributed by atoms with van der Waals surface area (Å²) in [4.78, 5) is 0. The maximum absolute atomic E-state index is 12.0. The summed E-state index contributed by atoms with van der Waals surface area (Å²) in [6.45, 7) is 5.48. The van der Waals surface area contributed by atoms with E-state index in [1.165, 1.54) is 12.8 Å². The molecule has 100 valence electrons. The summed E-state index contributed by atoms with van der Waals surface area (Å²) >= 11 is 0. The summed E-state index contributed by atoms with van der Waals surface area (Å²) < 4.78 is 28.4. The Morgan fingerprint density at radius 2 is 2.00 bits per heavy atom. The van der Waals surface area contributed by atoms with Crippen molar-refractivity contribution in [3.63, 3.8) is 0 Å². The van der Waals surface area contributed by atoms with E-state index in [1.54, 1.807) is 4.31 Å². The average molecular weight is 261 g/mol. The van der Waals surface area contributed by atoms with Crippen molar-refractivity contribution in [2.24, 2.45) is 11.8 Å². The Balaban J connectivity index is 1.84. The molecular formula is C11H23N3O2S. The summed E-state index contributed by atoms with van der Waals surface area (Å²) in [5.41, 5.74) is 0. The SMILES string of the molecule is CC1CCCC1CNS(=O)(=O)N1CCNCC1. The van der Waals surface area contributed by atoms with Crippen LogP contribution >= 0.6 is 0 Å². The predicted molar refractivity (Wildman–Crippen MR) is 67.9 cm³/mol. The molecule has 0 aromatic carbocycles. The molecule has 0 spiro atoms. The Morgan fingerprint density at radius 3 is 2.59 bits per heavy atom. The van der Waals surface area contributed by atoms with Gasteiger partial charge in [0, 0.05) is 32.7 Å². The lowest BCUT2D eigenvalue weighted by Crippen LogP contribution is -2.51. The average Bonchev–Trinajstić information content (AvgIpc) is 2.74. The Hall–Kier alpha value is -0.170. The Kier molecular flexibility index (Phi) is 4.41. The fraction of sp³-hybridized carbons (Fsp3) is 1.00. The van der Waals surface area contributed by atoms with E-state index in [-0.39, 0.29) is 0 Å². The van der Waals surface area contributed by atoms with Crippen molar-refractivity contribution in [1.29, 1.82) is 0 Å². The minimum absolute atomic E-state index is 0.521. The molecule has 5 nitrogen and oxygen atoms in total. The summed E-state index contributed by atoms with van der Waals surface area (Å²) in [7, 11) is -3.25. The number of hydrogen-bond acceptors (Lipinski definition) is 3. The summed E-state index contributed by atoms with van der Waals surface area (Å²) in [6, 6.07) is 0. The molecular weight excluding hydrogens is 238 g/mol. The molecule has 2 aliphatic rings. The zero-order valence-electron chi connectivity index (χ0n) is 10.5. The van der Waals surface area contributed by atoms with Crippen LogP contribution in [0, 0.1) is 11.8 Å². The van der Waals surface area contributed by atoms with Gasteiger partial charge in [0.05, 0.1) is 0 Å². The van der Waals surface area contributed by atoms with E-state index in [9.17, 15) is 8.42 Å². The first-order chi connectivity index (χ1) is 8.09. The highest BCUT2D eigenvalue weighted by Crippen LogP contribution is 2.30. The lowest BCUT2D eigenvalue weighted by Gasteiger charge is -2.27. The van der Waals surface area contributed by atoms with Crippen LogP contribution in [0.1, 0.15) is 26.2 Å². The van der Waals surface area contributed by atoms with Crippen molar-refractivity contribution >= 4 is 10.2 Å². The first-order valence-electron chi connectivity index (χ1n) is 6.55. The topological polar surface area (TPSA) is 61.4 Å². The molecule has 1 heterocycles. The molecule has 1 aliphatic heterocycles. The molecule has 6 heteroatoms. The van der Waals surface area contributed by atoms with Crippen molar-refractivity contribution in [2.45, 2.75) is 26.2 Å². The normalized spacial score (nSPS) is 31.8. The molecule has 2 atom stereocenters. The number of nitrogens with zero attached hydrogens (tertiary/aromatic N) is 1. The number of nitrogens with one attached hydrogen (secondary N) is 2. The molecule has 1 aliphatic carbocycles. The van der Waals surface area contributed by atoms with Crippen molar-refractivity contribution in [3.05, 3.63) is 0 Å². The molecule has 0 radical (unpaired) electrons. The Labute approximate surface area is 104 Å². The number of rotatable bonds is 4. The highest BCUT2D eigenvalue weighted by Gasteiger charge is 2.27. The van der Waals surface area contributed by atoms with Crippen LogP contribution in [0.2, 0.25) is 0 Å². The smallest absolute Gasteiger partial charge is 0.279 e. The standard InChI is InChI=1S/C11H23N3O2S/c1-10-3-2-4-11(10)9-13-17(15,16)14-7-5-12-6-8-14/h10-13H,2-9H2,1H3. The van der Waals surface area contributed by atoms with E-state index in [2.05, 4.69) is 17.0 Å². The molecule has 0 amide bonds. The van der Waals surface area contributed by atoms with Gasteiger partial charge in [0.25, 0.3) is 10.2 Å². The monoisotopic (exact) mass is 261 g/mol. The van der Waals surface area contributed by atoms with Gasteiger partial charge in [-0.3, -0.25) is 0 Å². The van der Waals surface area contributed by atoms with Crippen LogP contribution in [0.3, 0.4) is 0 Å². The summed E-state index contributed by atoms with van der Waals surface area (Å²) in [5.74, 6) is 1.17. The van der Waals surface area contributed by atoms with E-state index in [0.29, 0.717) is 31.5 Å². The summed E-state index contributed by atoms with van der Waals surface area (Å²) in [6.07, 6.45) is 3.63. The second kappa shape index (κ2) is 5.65. The minimum Gasteiger partial charge on any atom is -0.314 e. The minimum atomic E-state index is -3.25. The fourth-order valence-electron chi connectivity index (χ4n) is 2.71. The van der Waals surface area contributed by atoms with Crippen LogP contribution in [0.15, 0.2) is 0 Å². The fourth-order valence-corrected chi connectivity index (χ4v) is 3.98. The van der Waals surface area contributed by atoms with Gasteiger partial charge in [-0.15, -0.1) is 0 Å². The van der Waals surface area contributed by atoms with E-state index in [0.717, 1.165) is 19.5 Å². The molecule has 17 heavy (non-hydrogen) atoms. The molecule has 2 N–H and O–H groups in total. The molecule has 2 fully saturated rings. The second-order valence-electron chi connectivity index (χ2n) is 5.17. The second-order valence-corrected chi connectivity index (χ2v) is 6.93. The Morgan fingerprint density at radius 1 is 1.29 bits per heavy atom. The first-order valence-corrected chi connectivity index (χ1v) is 7.99. The molecule has 1 saturated carbocycles. The van der Waals surface area contributed by atoms with E-state index in [1.807, 2.05) is 0 Å². The first kappa shape index (κ1) is 13.3. The van der Waals surface area contributed by atoms with Crippen LogP contribution in [-0.4, -0.2) is 45.4 Å². The van der Waals surface area contributed by atoms with Gasteiger partial charge in [0.15, 0.2) is 0 Å². The molecule has 0 bridgehead atoms. The van der Waals surface area contributed by atoms with Crippen molar-refractivity contribution in [1.82, 2.24) is 14.3 Å². The van der Waals surface area contributed by atoms with Crippen LogP contribution in [-0.2, 0) is 10.2 Å².